The summed E-state index contributed by atoms with van der Waals surface area (Å²) in [5.41, 5.74) is 1.53. The number of urea groups is 1. The highest BCUT2D eigenvalue weighted by Crippen LogP contribution is 2.39. The summed E-state index contributed by atoms with van der Waals surface area (Å²) >= 11 is 12.2. The lowest BCUT2D eigenvalue weighted by Crippen LogP contribution is -2.47. The summed E-state index contributed by atoms with van der Waals surface area (Å²) in [5.74, 6) is -0.500. The highest BCUT2D eigenvalue weighted by Gasteiger charge is 2.39. The van der Waals surface area contributed by atoms with Crippen LogP contribution in [0.25, 0.3) is 0 Å². The molecule has 0 aliphatic carbocycles. The van der Waals surface area contributed by atoms with Gasteiger partial charge in [0.1, 0.15) is 0 Å². The van der Waals surface area contributed by atoms with Crippen LogP contribution in [0.5, 0.6) is 0 Å². The van der Waals surface area contributed by atoms with Crippen LogP contribution in [-0.4, -0.2) is 43.0 Å². The summed E-state index contributed by atoms with van der Waals surface area (Å²) in [6.45, 7) is 1.70. The van der Waals surface area contributed by atoms with Crippen LogP contribution in [0.4, 0.5) is 4.79 Å². The van der Waals surface area contributed by atoms with Gasteiger partial charge in [0.15, 0.2) is 0 Å². The summed E-state index contributed by atoms with van der Waals surface area (Å²) in [6.07, 6.45) is 0. The van der Waals surface area contributed by atoms with E-state index in [1.807, 2.05) is 0 Å². The molecule has 0 saturated carbocycles. The molecule has 1 aromatic carbocycles. The van der Waals surface area contributed by atoms with Crippen LogP contribution < -0.4 is 0 Å². The lowest BCUT2D eigenvalue weighted by atomic mass is 9.93. The van der Waals surface area contributed by atoms with Gasteiger partial charge >= 0.3 is 12.0 Å². The fourth-order valence-electron chi connectivity index (χ4n) is 2.52. The molecular weight excluding hydrogens is 327 g/mol. The molecule has 7 heteroatoms. The Morgan fingerprint density at radius 3 is 2.45 bits per heavy atom. The Morgan fingerprint density at radius 2 is 1.91 bits per heavy atom. The molecule has 1 aliphatic heterocycles. The van der Waals surface area contributed by atoms with E-state index in [4.69, 9.17) is 27.9 Å². The fraction of sp³-hybridized carbons (Fsp3) is 0.333. The van der Waals surface area contributed by atoms with E-state index in [1.54, 1.807) is 39.2 Å². The van der Waals surface area contributed by atoms with Gasteiger partial charge < -0.3 is 14.5 Å². The molecule has 0 bridgehead atoms. The maximum Gasteiger partial charge on any atom is 0.337 e. The molecule has 0 radical (unpaired) electrons. The zero-order chi connectivity index (χ0) is 16.6. The summed E-state index contributed by atoms with van der Waals surface area (Å²) in [7, 11) is 4.53. The van der Waals surface area contributed by atoms with Gasteiger partial charge in [-0.25, -0.2) is 9.59 Å². The zero-order valence-corrected chi connectivity index (χ0v) is 14.2. The van der Waals surface area contributed by atoms with E-state index in [0.29, 0.717) is 26.9 Å². The van der Waals surface area contributed by atoms with E-state index in [2.05, 4.69) is 0 Å². The molecule has 0 N–H and O–H groups in total. The number of carbonyl (C=O) groups is 2. The minimum atomic E-state index is -0.624. The molecule has 0 fully saturated rings. The molecule has 22 heavy (non-hydrogen) atoms. The number of ether oxygens (including phenoxy) is 1. The van der Waals surface area contributed by atoms with Gasteiger partial charge in [0.05, 0.1) is 18.7 Å². The van der Waals surface area contributed by atoms with Gasteiger partial charge in [-0.1, -0.05) is 29.3 Å². The minimum Gasteiger partial charge on any atom is -0.466 e. The molecule has 0 spiro atoms. The molecule has 1 unspecified atom stereocenters. The Balaban J connectivity index is 2.68. The first-order valence-electron chi connectivity index (χ1n) is 6.54. The second-order valence-electron chi connectivity index (χ2n) is 5.01. The number of allylic oxidation sites excluding steroid dienone is 1. The van der Waals surface area contributed by atoms with E-state index in [-0.39, 0.29) is 6.03 Å². The Kier molecular flexibility index (Phi) is 4.68. The van der Waals surface area contributed by atoms with Crippen LogP contribution in [0.15, 0.2) is 29.5 Å². The van der Waals surface area contributed by atoms with Gasteiger partial charge in [0, 0.05) is 29.8 Å². The third kappa shape index (κ3) is 2.66. The van der Waals surface area contributed by atoms with Crippen LogP contribution in [0.3, 0.4) is 0 Å². The first-order chi connectivity index (χ1) is 10.3. The second-order valence-corrected chi connectivity index (χ2v) is 5.86. The lowest BCUT2D eigenvalue weighted by Gasteiger charge is -2.39. The molecular formula is C15H16Cl2N2O3. The summed E-state index contributed by atoms with van der Waals surface area (Å²) < 4.78 is 4.88. The first kappa shape index (κ1) is 16.6. The van der Waals surface area contributed by atoms with Crippen molar-refractivity contribution in [1.29, 1.82) is 0 Å². The van der Waals surface area contributed by atoms with Crippen molar-refractivity contribution < 1.29 is 14.3 Å². The molecule has 1 atom stereocenters. The Hall–Kier alpha value is -1.72. The normalized spacial score (nSPS) is 18.8. The van der Waals surface area contributed by atoms with Gasteiger partial charge in [-0.3, -0.25) is 0 Å². The predicted molar refractivity (Wildman–Crippen MR) is 84.8 cm³/mol. The quantitative estimate of drug-likeness (QED) is 0.773. The summed E-state index contributed by atoms with van der Waals surface area (Å²) in [4.78, 5) is 27.4. The summed E-state index contributed by atoms with van der Waals surface area (Å²) in [5, 5.41) is 0.867. The molecule has 1 aliphatic rings. The highest BCUT2D eigenvalue weighted by molar-refractivity contribution is 6.35. The van der Waals surface area contributed by atoms with E-state index in [9.17, 15) is 9.59 Å². The highest BCUT2D eigenvalue weighted by atomic mass is 35.5. The fourth-order valence-corrected chi connectivity index (χ4v) is 3.03. The molecule has 2 rings (SSSR count). The van der Waals surface area contributed by atoms with Crippen LogP contribution in [0.1, 0.15) is 18.5 Å². The number of amides is 2. The minimum absolute atomic E-state index is 0.235. The van der Waals surface area contributed by atoms with Gasteiger partial charge in [0.25, 0.3) is 0 Å². The topological polar surface area (TPSA) is 49.9 Å². The largest absolute Gasteiger partial charge is 0.466 e. The SMILES string of the molecule is COC(=O)C1=C(C)N(C)C(=O)N(C)C1c1ccc(Cl)cc1Cl. The monoisotopic (exact) mass is 342 g/mol. The third-order valence-corrected chi connectivity index (χ3v) is 4.37. The number of hydrogen-bond acceptors (Lipinski definition) is 3. The van der Waals surface area contributed by atoms with Crippen molar-refractivity contribution in [2.45, 2.75) is 13.0 Å². The molecule has 2 amide bonds. The Labute approximate surface area is 139 Å². The van der Waals surface area contributed by atoms with Crippen molar-refractivity contribution in [2.24, 2.45) is 0 Å². The molecule has 5 nitrogen and oxygen atoms in total. The van der Waals surface area contributed by atoms with Crippen molar-refractivity contribution >= 4 is 35.2 Å². The summed E-state index contributed by atoms with van der Waals surface area (Å²) in [6, 6.07) is 4.10. The smallest absolute Gasteiger partial charge is 0.337 e. The number of carbonyl (C=O) groups excluding carboxylic acids is 2. The van der Waals surface area contributed by atoms with Gasteiger partial charge in [-0.2, -0.15) is 0 Å². The molecule has 118 valence electrons. The zero-order valence-electron chi connectivity index (χ0n) is 12.7. The van der Waals surface area contributed by atoms with Crippen LogP contribution in [0.2, 0.25) is 10.0 Å². The standard InChI is InChI=1S/C15H16Cl2N2O3/c1-8-12(14(20)22-4)13(19(3)15(21)18(8)2)10-6-5-9(16)7-11(10)17/h5-7,13H,1-4H3. The van der Waals surface area contributed by atoms with Gasteiger partial charge in [-0.05, 0) is 24.6 Å². The second kappa shape index (κ2) is 6.18. The van der Waals surface area contributed by atoms with Crippen molar-refractivity contribution in [3.05, 3.63) is 45.1 Å². The van der Waals surface area contributed by atoms with Crippen LogP contribution in [-0.2, 0) is 9.53 Å². The number of esters is 1. The first-order valence-corrected chi connectivity index (χ1v) is 7.29. The van der Waals surface area contributed by atoms with Crippen molar-refractivity contribution in [3.8, 4) is 0 Å². The maximum absolute atomic E-state index is 12.4. The average Bonchev–Trinajstić information content (AvgIpc) is 2.48. The van der Waals surface area contributed by atoms with Gasteiger partial charge in [0.2, 0.25) is 0 Å². The predicted octanol–water partition coefficient (Wildman–Crippen LogP) is 3.48. The Bertz CT molecular complexity index is 673. The number of rotatable bonds is 2. The maximum atomic E-state index is 12.4. The number of nitrogens with zero attached hydrogens (tertiary/aromatic N) is 2. The van der Waals surface area contributed by atoms with Crippen LogP contribution >= 0.6 is 23.2 Å². The number of likely N-dealkylation sites (N-methyl/N-ethyl adjacent to an activating group) is 1. The average molecular weight is 343 g/mol. The van der Waals surface area contributed by atoms with E-state index in [0.717, 1.165) is 0 Å². The number of methoxy groups -OCH3 is 1. The number of halogens is 2. The van der Waals surface area contributed by atoms with E-state index >= 15 is 0 Å². The Morgan fingerprint density at radius 1 is 1.27 bits per heavy atom. The van der Waals surface area contributed by atoms with Crippen molar-refractivity contribution in [1.82, 2.24) is 9.80 Å². The lowest BCUT2D eigenvalue weighted by molar-refractivity contribution is -0.137. The number of hydrogen-bond donors (Lipinski definition) is 0. The number of benzene rings is 1. The van der Waals surface area contributed by atoms with E-state index < -0.39 is 12.0 Å². The van der Waals surface area contributed by atoms with Crippen molar-refractivity contribution in [3.63, 3.8) is 0 Å². The molecule has 1 aromatic rings. The molecule has 1 heterocycles. The van der Waals surface area contributed by atoms with Crippen LogP contribution in [0, 0.1) is 0 Å². The van der Waals surface area contributed by atoms with Crippen molar-refractivity contribution in [2.75, 3.05) is 21.2 Å². The molecule has 0 aromatic heterocycles. The van der Waals surface area contributed by atoms with E-state index in [1.165, 1.54) is 16.9 Å². The molecule has 0 saturated heterocycles. The third-order valence-electron chi connectivity index (χ3n) is 3.80. The van der Waals surface area contributed by atoms with Gasteiger partial charge in [-0.15, -0.1) is 0 Å².